The third kappa shape index (κ3) is 3.81. The fourth-order valence-electron chi connectivity index (χ4n) is 1.93. The monoisotopic (exact) mass is 275 g/mol. The number of pyridine rings is 1. The average Bonchev–Trinajstić information content (AvgIpc) is 2.79. The van der Waals surface area contributed by atoms with Crippen molar-refractivity contribution in [3.05, 3.63) is 51.7 Å². The molecule has 0 fully saturated rings. The minimum absolute atomic E-state index is 0.285. The number of ether oxygens (including phenoxy) is 1. The first kappa shape index (κ1) is 14.0. The van der Waals surface area contributed by atoms with Crippen LogP contribution in [-0.2, 0) is 18.2 Å². The molecule has 2 aromatic rings. The summed E-state index contributed by atoms with van der Waals surface area (Å²) in [4.78, 5) is 25.6. The average molecular weight is 275 g/mol. The Morgan fingerprint density at radius 3 is 2.90 bits per heavy atom. The molecule has 0 amide bonds. The summed E-state index contributed by atoms with van der Waals surface area (Å²) in [5, 5.41) is 4.07. The number of nitrogens with zero attached hydrogens (tertiary/aromatic N) is 2. The number of esters is 1. The van der Waals surface area contributed by atoms with Gasteiger partial charge in [0.05, 0.1) is 18.4 Å². The second kappa shape index (κ2) is 6.18. The van der Waals surface area contributed by atoms with Crippen molar-refractivity contribution in [3.8, 4) is 0 Å². The van der Waals surface area contributed by atoms with Gasteiger partial charge in [-0.2, -0.15) is 5.10 Å². The van der Waals surface area contributed by atoms with E-state index in [1.54, 1.807) is 23.9 Å². The predicted molar refractivity (Wildman–Crippen MR) is 73.6 cm³/mol. The first-order valence-electron chi connectivity index (χ1n) is 6.40. The molecule has 0 spiro atoms. The smallest absolute Gasteiger partial charge is 0.338 e. The number of carbonyl (C=O) groups excluding carboxylic acids is 1. The van der Waals surface area contributed by atoms with Gasteiger partial charge < -0.3 is 9.72 Å². The van der Waals surface area contributed by atoms with Gasteiger partial charge in [0, 0.05) is 25.0 Å². The normalized spacial score (nSPS) is 10.5. The number of carbonyl (C=O) groups is 1. The summed E-state index contributed by atoms with van der Waals surface area (Å²) in [5.74, 6) is -0.467. The highest BCUT2D eigenvalue weighted by Crippen LogP contribution is 2.04. The van der Waals surface area contributed by atoms with Crippen LogP contribution in [0.5, 0.6) is 0 Å². The zero-order valence-corrected chi connectivity index (χ0v) is 11.5. The number of aromatic nitrogens is 3. The van der Waals surface area contributed by atoms with E-state index < -0.39 is 5.97 Å². The van der Waals surface area contributed by atoms with Gasteiger partial charge in [0.15, 0.2) is 0 Å². The first-order valence-corrected chi connectivity index (χ1v) is 6.40. The lowest BCUT2D eigenvalue weighted by Gasteiger charge is -2.04. The molecular weight excluding hydrogens is 258 g/mol. The number of hydrogen-bond acceptors (Lipinski definition) is 4. The highest BCUT2D eigenvalue weighted by atomic mass is 16.5. The van der Waals surface area contributed by atoms with Gasteiger partial charge in [-0.05, 0) is 31.4 Å². The summed E-state index contributed by atoms with van der Waals surface area (Å²) in [7, 11) is 1.86. The van der Waals surface area contributed by atoms with Gasteiger partial charge in [0.1, 0.15) is 0 Å². The van der Waals surface area contributed by atoms with Gasteiger partial charge >= 0.3 is 5.97 Å². The van der Waals surface area contributed by atoms with Crippen LogP contribution < -0.4 is 5.56 Å². The minimum atomic E-state index is -0.467. The molecule has 6 nitrogen and oxygen atoms in total. The van der Waals surface area contributed by atoms with E-state index in [1.165, 1.54) is 6.07 Å². The molecule has 0 atom stereocenters. The van der Waals surface area contributed by atoms with Gasteiger partial charge in [-0.1, -0.05) is 0 Å². The molecule has 2 rings (SSSR count). The molecule has 6 heteroatoms. The van der Waals surface area contributed by atoms with Gasteiger partial charge in [0.25, 0.3) is 0 Å². The molecule has 0 unspecified atom stereocenters. The Morgan fingerprint density at radius 2 is 2.25 bits per heavy atom. The van der Waals surface area contributed by atoms with Gasteiger partial charge in [-0.15, -0.1) is 0 Å². The summed E-state index contributed by atoms with van der Waals surface area (Å²) >= 11 is 0. The van der Waals surface area contributed by atoms with Crippen molar-refractivity contribution in [2.24, 2.45) is 7.05 Å². The molecule has 106 valence electrons. The van der Waals surface area contributed by atoms with Gasteiger partial charge in [0.2, 0.25) is 5.56 Å². The molecule has 2 aromatic heterocycles. The summed E-state index contributed by atoms with van der Waals surface area (Å²) < 4.78 is 6.88. The maximum atomic E-state index is 11.8. The minimum Gasteiger partial charge on any atom is -0.462 e. The van der Waals surface area contributed by atoms with E-state index in [2.05, 4.69) is 10.1 Å². The fourth-order valence-corrected chi connectivity index (χ4v) is 1.93. The van der Waals surface area contributed by atoms with Crippen molar-refractivity contribution in [2.75, 3.05) is 6.61 Å². The van der Waals surface area contributed by atoms with Crippen LogP contribution in [0.4, 0.5) is 0 Å². The summed E-state index contributed by atoms with van der Waals surface area (Å²) in [6, 6.07) is 2.85. The lowest BCUT2D eigenvalue weighted by molar-refractivity contribution is 0.0500. The number of rotatable bonds is 5. The maximum Gasteiger partial charge on any atom is 0.338 e. The Morgan fingerprint density at radius 1 is 1.45 bits per heavy atom. The zero-order chi connectivity index (χ0) is 14.5. The van der Waals surface area contributed by atoms with Crippen LogP contribution in [0.1, 0.15) is 28.0 Å². The lowest BCUT2D eigenvalue weighted by atomic mass is 10.2. The van der Waals surface area contributed by atoms with E-state index in [1.807, 2.05) is 13.2 Å². The van der Waals surface area contributed by atoms with Gasteiger partial charge in [-0.25, -0.2) is 4.79 Å². The van der Waals surface area contributed by atoms with Crippen molar-refractivity contribution >= 4 is 5.97 Å². The number of aromatic amines is 1. The molecule has 1 N–H and O–H groups in total. The van der Waals surface area contributed by atoms with Crippen LogP contribution >= 0.6 is 0 Å². The maximum absolute atomic E-state index is 11.8. The van der Waals surface area contributed by atoms with Crippen LogP contribution in [0.2, 0.25) is 0 Å². The van der Waals surface area contributed by atoms with E-state index in [9.17, 15) is 9.59 Å². The third-order valence-corrected chi connectivity index (χ3v) is 2.82. The molecule has 0 bridgehead atoms. The second-order valence-electron chi connectivity index (χ2n) is 4.68. The van der Waals surface area contributed by atoms with E-state index in [-0.39, 0.29) is 11.1 Å². The van der Waals surface area contributed by atoms with Crippen LogP contribution in [-0.4, -0.2) is 27.3 Å². The molecule has 0 aliphatic heterocycles. The van der Waals surface area contributed by atoms with E-state index in [0.717, 1.165) is 18.4 Å². The van der Waals surface area contributed by atoms with Crippen molar-refractivity contribution in [2.45, 2.75) is 19.8 Å². The molecule has 0 aliphatic rings. The van der Waals surface area contributed by atoms with Crippen LogP contribution in [0.3, 0.4) is 0 Å². The zero-order valence-electron chi connectivity index (χ0n) is 11.5. The van der Waals surface area contributed by atoms with Crippen molar-refractivity contribution in [3.63, 3.8) is 0 Å². The number of nitrogens with one attached hydrogen (secondary N) is 1. The number of H-pyrrole nitrogens is 1. The van der Waals surface area contributed by atoms with E-state index >= 15 is 0 Å². The summed E-state index contributed by atoms with van der Waals surface area (Å²) in [6.07, 6.45) is 5.25. The first-order chi connectivity index (χ1) is 9.54. The van der Waals surface area contributed by atoms with E-state index in [0.29, 0.717) is 12.3 Å². The Hall–Kier alpha value is -2.37. The van der Waals surface area contributed by atoms with Gasteiger partial charge in [-0.3, -0.25) is 9.48 Å². The molecule has 0 aliphatic carbocycles. The topological polar surface area (TPSA) is 77.0 Å². The van der Waals surface area contributed by atoms with Crippen molar-refractivity contribution in [1.82, 2.24) is 14.8 Å². The Kier molecular flexibility index (Phi) is 4.34. The molecule has 0 aromatic carbocycles. The van der Waals surface area contributed by atoms with Crippen LogP contribution in [0.25, 0.3) is 0 Å². The Labute approximate surface area is 116 Å². The highest BCUT2D eigenvalue weighted by molar-refractivity contribution is 5.89. The molecule has 2 heterocycles. The number of aryl methyl sites for hydroxylation is 3. The molecular formula is C14H17N3O3. The third-order valence-electron chi connectivity index (χ3n) is 2.82. The lowest BCUT2D eigenvalue weighted by Crippen LogP contribution is -2.13. The predicted octanol–water partition coefficient (Wildman–Crippen LogP) is 1.21. The largest absolute Gasteiger partial charge is 0.462 e. The SMILES string of the molecule is Cc1cc(C(=O)OCCCc2cnn(C)c2)cc(=O)[nH]1. The molecule has 0 saturated carbocycles. The van der Waals surface area contributed by atoms with E-state index in [4.69, 9.17) is 4.74 Å². The van der Waals surface area contributed by atoms with Crippen molar-refractivity contribution in [1.29, 1.82) is 0 Å². The van der Waals surface area contributed by atoms with Crippen LogP contribution in [0.15, 0.2) is 29.3 Å². The van der Waals surface area contributed by atoms with Crippen LogP contribution in [0, 0.1) is 6.92 Å². The van der Waals surface area contributed by atoms with Crippen molar-refractivity contribution < 1.29 is 9.53 Å². The quantitative estimate of drug-likeness (QED) is 0.657. The second-order valence-corrected chi connectivity index (χ2v) is 4.68. The molecule has 0 saturated heterocycles. The Balaban J connectivity index is 1.81. The summed E-state index contributed by atoms with van der Waals surface area (Å²) in [6.45, 7) is 2.04. The standard InChI is InChI=1S/C14H17N3O3/c1-10-6-12(7-13(18)16-10)14(19)20-5-3-4-11-8-15-17(2)9-11/h6-9H,3-5H2,1-2H3,(H,16,18). The summed E-state index contributed by atoms with van der Waals surface area (Å²) in [5.41, 5.74) is 1.73. The Bertz CT molecular complexity index is 658. The number of hydrogen-bond donors (Lipinski definition) is 1. The highest BCUT2D eigenvalue weighted by Gasteiger charge is 2.08. The molecule has 20 heavy (non-hydrogen) atoms. The molecule has 0 radical (unpaired) electrons. The fraction of sp³-hybridized carbons (Fsp3) is 0.357.